The lowest BCUT2D eigenvalue weighted by atomic mass is 10.2. The lowest BCUT2D eigenvalue weighted by molar-refractivity contribution is 0.0963. The summed E-state index contributed by atoms with van der Waals surface area (Å²) in [4.78, 5) is 24.4. The third-order valence-corrected chi connectivity index (χ3v) is 3.17. The maximum absolute atomic E-state index is 11.6. The van der Waals surface area contributed by atoms with Gasteiger partial charge in [0.2, 0.25) is 0 Å². The van der Waals surface area contributed by atoms with Gasteiger partial charge in [0.1, 0.15) is 6.10 Å². The molecule has 1 saturated heterocycles. The van der Waals surface area contributed by atoms with E-state index in [1.165, 1.54) is 9.47 Å². The maximum Gasteiger partial charge on any atom is 0.419 e. The average molecular weight is 264 g/mol. The molecule has 1 aliphatic heterocycles. The highest BCUT2D eigenvalue weighted by Gasteiger charge is 2.32. The zero-order valence-corrected chi connectivity index (χ0v) is 10.2. The van der Waals surface area contributed by atoms with E-state index in [0.29, 0.717) is 16.8 Å². The van der Waals surface area contributed by atoms with Gasteiger partial charge in [0, 0.05) is 13.1 Å². The van der Waals surface area contributed by atoms with Crippen LogP contribution >= 0.6 is 0 Å². The Labute approximate surface area is 107 Å². The Morgan fingerprint density at radius 2 is 2.21 bits per heavy atom. The number of benzene rings is 1. The van der Waals surface area contributed by atoms with E-state index < -0.39 is 18.0 Å². The molecule has 0 aliphatic carbocycles. The van der Waals surface area contributed by atoms with Crippen molar-refractivity contribution in [2.75, 3.05) is 18.1 Å². The molecule has 1 atom stereocenters. The van der Waals surface area contributed by atoms with Crippen LogP contribution in [0, 0.1) is 0 Å². The van der Waals surface area contributed by atoms with Crippen LogP contribution in [0.1, 0.15) is 0 Å². The number of cyclic esters (lactones) is 1. The quantitative estimate of drug-likeness (QED) is 0.851. The number of amides is 1. The molecule has 19 heavy (non-hydrogen) atoms. The van der Waals surface area contributed by atoms with Crippen LogP contribution in [0.3, 0.4) is 0 Å². The minimum Gasteiger partial charge on any atom is -0.441 e. The van der Waals surface area contributed by atoms with Crippen molar-refractivity contribution in [1.29, 1.82) is 0 Å². The second kappa shape index (κ2) is 4.13. The molecule has 2 aromatic rings. The number of aliphatic hydroxyl groups is 1. The minimum absolute atomic E-state index is 0.217. The highest BCUT2D eigenvalue weighted by atomic mass is 16.6. The Kier molecular flexibility index (Phi) is 2.56. The number of ether oxygens (including phenoxy) is 1. The molecule has 3 rings (SSSR count). The number of rotatable bonds is 2. The third kappa shape index (κ3) is 1.78. The van der Waals surface area contributed by atoms with Gasteiger partial charge in [-0.05, 0) is 12.1 Å². The minimum atomic E-state index is -0.522. The second-order valence-corrected chi connectivity index (χ2v) is 4.38. The first-order valence-electron chi connectivity index (χ1n) is 5.78. The van der Waals surface area contributed by atoms with E-state index in [-0.39, 0.29) is 13.2 Å². The normalized spacial score (nSPS) is 19.2. The predicted octanol–water partition coefficient (Wildman–Crippen LogP) is 0.449. The smallest absolute Gasteiger partial charge is 0.419 e. The molecule has 100 valence electrons. The largest absolute Gasteiger partial charge is 0.441 e. The van der Waals surface area contributed by atoms with E-state index in [1.54, 1.807) is 25.2 Å². The van der Waals surface area contributed by atoms with E-state index in [1.807, 2.05) is 0 Å². The summed E-state index contributed by atoms with van der Waals surface area (Å²) in [7, 11) is 1.61. The molecule has 0 radical (unpaired) electrons. The molecule has 7 heteroatoms. The molecule has 1 fully saturated rings. The summed E-state index contributed by atoms with van der Waals surface area (Å²) in [5, 5.41) is 8.99. The molecule has 0 bridgehead atoms. The van der Waals surface area contributed by atoms with Crippen LogP contribution in [0.25, 0.3) is 11.1 Å². The van der Waals surface area contributed by atoms with Gasteiger partial charge in [0.05, 0.1) is 24.4 Å². The Hall–Kier alpha value is -2.28. The van der Waals surface area contributed by atoms with Crippen LogP contribution in [0.15, 0.2) is 27.4 Å². The molecular weight excluding hydrogens is 252 g/mol. The fourth-order valence-electron chi connectivity index (χ4n) is 2.12. The van der Waals surface area contributed by atoms with E-state index >= 15 is 0 Å². The Morgan fingerprint density at radius 1 is 1.42 bits per heavy atom. The monoisotopic (exact) mass is 264 g/mol. The average Bonchev–Trinajstić information content (AvgIpc) is 2.91. The van der Waals surface area contributed by atoms with Gasteiger partial charge in [0.25, 0.3) is 0 Å². The standard InChI is InChI=1S/C12H12N2O5/c1-13-9-3-2-7(4-10(9)19-11(13)16)14-5-8(6-15)18-12(14)17/h2-4,8,15H,5-6H2,1H3/t8-/m1/s1. The Morgan fingerprint density at radius 3 is 2.89 bits per heavy atom. The summed E-state index contributed by atoms with van der Waals surface area (Å²) in [6.07, 6.45) is -1.04. The number of fused-ring (bicyclic) bond motifs is 1. The van der Waals surface area contributed by atoms with Crippen molar-refractivity contribution in [3.05, 3.63) is 28.7 Å². The number of hydrogen-bond acceptors (Lipinski definition) is 5. The molecule has 1 N–H and O–H groups in total. The van der Waals surface area contributed by atoms with Gasteiger partial charge in [-0.1, -0.05) is 0 Å². The number of carbonyl (C=O) groups excluding carboxylic acids is 1. The van der Waals surface area contributed by atoms with Crippen LogP contribution in [0.5, 0.6) is 0 Å². The van der Waals surface area contributed by atoms with E-state index in [2.05, 4.69) is 0 Å². The number of aryl methyl sites for hydroxylation is 1. The lowest BCUT2D eigenvalue weighted by Gasteiger charge is -2.12. The topological polar surface area (TPSA) is 84.9 Å². The first kappa shape index (κ1) is 11.8. The molecule has 2 heterocycles. The van der Waals surface area contributed by atoms with Gasteiger partial charge in [-0.3, -0.25) is 9.47 Å². The SMILES string of the molecule is Cn1c(=O)oc2cc(N3C[C@H](CO)OC3=O)ccc21. The van der Waals surface area contributed by atoms with Crippen LogP contribution in [0.4, 0.5) is 10.5 Å². The van der Waals surface area contributed by atoms with E-state index in [4.69, 9.17) is 14.3 Å². The number of aliphatic hydroxyl groups excluding tert-OH is 1. The number of hydrogen-bond donors (Lipinski definition) is 1. The number of carbonyl (C=O) groups is 1. The summed E-state index contributed by atoms with van der Waals surface area (Å²) in [6, 6.07) is 5.02. The molecule has 1 amide bonds. The summed E-state index contributed by atoms with van der Waals surface area (Å²) in [5.41, 5.74) is 1.63. The molecule has 0 spiro atoms. The van der Waals surface area contributed by atoms with Crippen LogP contribution in [-0.2, 0) is 11.8 Å². The van der Waals surface area contributed by atoms with Crippen LogP contribution in [-0.4, -0.2) is 35.0 Å². The van der Waals surface area contributed by atoms with Crippen LogP contribution < -0.4 is 10.7 Å². The second-order valence-electron chi connectivity index (χ2n) is 4.38. The van der Waals surface area contributed by atoms with Gasteiger partial charge in [-0.15, -0.1) is 0 Å². The number of oxazole rings is 1. The van der Waals surface area contributed by atoms with Crippen molar-refractivity contribution < 1.29 is 19.1 Å². The summed E-state index contributed by atoms with van der Waals surface area (Å²) in [6.45, 7) is 0.0583. The van der Waals surface area contributed by atoms with E-state index in [9.17, 15) is 9.59 Å². The fraction of sp³-hybridized carbons (Fsp3) is 0.333. The van der Waals surface area contributed by atoms with Crippen molar-refractivity contribution in [2.45, 2.75) is 6.10 Å². The first-order chi connectivity index (χ1) is 9.10. The highest BCUT2D eigenvalue weighted by molar-refractivity contribution is 5.92. The zero-order chi connectivity index (χ0) is 13.6. The zero-order valence-electron chi connectivity index (χ0n) is 10.2. The van der Waals surface area contributed by atoms with Crippen molar-refractivity contribution in [3.63, 3.8) is 0 Å². The first-order valence-corrected chi connectivity index (χ1v) is 5.78. The highest BCUT2D eigenvalue weighted by Crippen LogP contribution is 2.25. The third-order valence-electron chi connectivity index (χ3n) is 3.17. The number of anilines is 1. The molecule has 1 aromatic heterocycles. The van der Waals surface area contributed by atoms with Crippen molar-refractivity contribution in [1.82, 2.24) is 4.57 Å². The van der Waals surface area contributed by atoms with Gasteiger partial charge in [-0.25, -0.2) is 9.59 Å². The molecule has 1 aliphatic rings. The number of nitrogens with zero attached hydrogens (tertiary/aromatic N) is 2. The van der Waals surface area contributed by atoms with Gasteiger partial charge < -0.3 is 14.3 Å². The fourth-order valence-corrected chi connectivity index (χ4v) is 2.12. The van der Waals surface area contributed by atoms with Gasteiger partial charge in [0.15, 0.2) is 5.58 Å². The van der Waals surface area contributed by atoms with Crippen molar-refractivity contribution in [3.8, 4) is 0 Å². The Bertz CT molecular complexity index is 702. The molecule has 0 saturated carbocycles. The van der Waals surface area contributed by atoms with E-state index in [0.717, 1.165) is 0 Å². The van der Waals surface area contributed by atoms with Crippen LogP contribution in [0.2, 0.25) is 0 Å². The van der Waals surface area contributed by atoms with Gasteiger partial charge in [-0.2, -0.15) is 0 Å². The number of aromatic nitrogens is 1. The maximum atomic E-state index is 11.6. The summed E-state index contributed by atoms with van der Waals surface area (Å²) < 4.78 is 11.4. The molecule has 0 unspecified atom stereocenters. The van der Waals surface area contributed by atoms with Gasteiger partial charge >= 0.3 is 11.8 Å². The molecule has 1 aromatic carbocycles. The lowest BCUT2D eigenvalue weighted by Crippen LogP contribution is -2.25. The Balaban J connectivity index is 2.02. The van der Waals surface area contributed by atoms with Crippen molar-refractivity contribution in [2.24, 2.45) is 7.05 Å². The predicted molar refractivity (Wildman–Crippen MR) is 66.2 cm³/mol. The summed E-state index contributed by atoms with van der Waals surface area (Å²) in [5.74, 6) is -0.454. The van der Waals surface area contributed by atoms with Crippen molar-refractivity contribution >= 4 is 22.9 Å². The summed E-state index contributed by atoms with van der Waals surface area (Å²) >= 11 is 0. The molecule has 7 nitrogen and oxygen atoms in total. The molecular formula is C12H12N2O5.